The third kappa shape index (κ3) is 8.80. The number of ether oxygens (including phenoxy) is 2. The van der Waals surface area contributed by atoms with Gasteiger partial charge in [0.1, 0.15) is 17.2 Å². The summed E-state index contributed by atoms with van der Waals surface area (Å²) >= 11 is 0. The summed E-state index contributed by atoms with van der Waals surface area (Å²) in [6, 6.07) is 31.0. The lowest BCUT2D eigenvalue weighted by molar-refractivity contribution is 0.117. The van der Waals surface area contributed by atoms with Crippen LogP contribution in [-0.2, 0) is 23.0 Å². The van der Waals surface area contributed by atoms with Gasteiger partial charge in [-0.2, -0.15) is 0 Å². The number of aliphatic hydroxyl groups is 1. The van der Waals surface area contributed by atoms with E-state index in [0.29, 0.717) is 41.9 Å². The van der Waals surface area contributed by atoms with Crippen LogP contribution in [0.1, 0.15) is 53.2 Å². The Kier molecular flexibility index (Phi) is 12.1. The van der Waals surface area contributed by atoms with Gasteiger partial charge in [-0.1, -0.05) is 60.7 Å². The smallest absolute Gasteiger partial charge is 0.248 e. The zero-order valence-electron chi connectivity index (χ0n) is 29.3. The van der Waals surface area contributed by atoms with E-state index in [1.54, 1.807) is 19.2 Å². The quantitative estimate of drug-likeness (QED) is 0.0817. The van der Waals surface area contributed by atoms with Gasteiger partial charge in [-0.15, -0.1) is 0 Å². The Bertz CT molecular complexity index is 1920. The van der Waals surface area contributed by atoms with Crippen molar-refractivity contribution in [2.24, 2.45) is 0 Å². The van der Waals surface area contributed by atoms with Crippen molar-refractivity contribution in [3.05, 3.63) is 135 Å². The molecule has 1 aromatic heterocycles. The van der Waals surface area contributed by atoms with Crippen LogP contribution in [0.5, 0.6) is 17.2 Å². The molecule has 4 aromatic carbocycles. The topological polar surface area (TPSA) is 127 Å². The molecule has 268 valence electrons. The Labute approximate surface area is 299 Å². The van der Waals surface area contributed by atoms with Crippen molar-refractivity contribution < 1.29 is 24.8 Å². The Balaban J connectivity index is 0.977. The number of pyridine rings is 1. The van der Waals surface area contributed by atoms with Crippen LogP contribution in [0.25, 0.3) is 10.9 Å². The van der Waals surface area contributed by atoms with Crippen LogP contribution < -0.4 is 15.6 Å². The number of nitrogens with one attached hydrogen (secondary N) is 2. The Morgan fingerprint density at radius 2 is 1.61 bits per heavy atom. The maximum absolute atomic E-state index is 11.7. The summed E-state index contributed by atoms with van der Waals surface area (Å²) in [5.41, 5.74) is 5.06. The Hall–Kier alpha value is -4.67. The number of aromatic nitrogens is 1. The molecule has 0 amide bonds. The highest BCUT2D eigenvalue weighted by Crippen LogP contribution is 2.45. The second-order valence-electron chi connectivity index (χ2n) is 13.5. The first-order chi connectivity index (χ1) is 24.9. The molecule has 5 aromatic rings. The standard InChI is InChI=1S/C42H49N3O6/c1-50-27-25-45-23-20-42(21-24-45,32-7-3-2-4-8-32)36-28-31(11-16-37(36)46)6-5-26-51-33-12-9-30(10-13-33)19-22-43-29-39(48)34-14-17-38(47)41-35(34)15-18-40(49)44-41/h2-4,7-18,28,39,43,46-48H,5-6,19-27,29H2,1H3,(H,44,49). The second kappa shape index (κ2) is 17.0. The van der Waals surface area contributed by atoms with Gasteiger partial charge >= 0.3 is 0 Å². The summed E-state index contributed by atoms with van der Waals surface area (Å²) in [4.78, 5) is 16.8. The first-order valence-corrected chi connectivity index (χ1v) is 17.9. The lowest BCUT2D eigenvalue weighted by Gasteiger charge is -2.43. The molecule has 5 N–H and O–H groups in total. The van der Waals surface area contributed by atoms with Crippen molar-refractivity contribution in [3.8, 4) is 17.2 Å². The van der Waals surface area contributed by atoms with Gasteiger partial charge in [-0.05, 0) is 104 Å². The van der Waals surface area contributed by atoms with Crippen molar-refractivity contribution in [3.63, 3.8) is 0 Å². The number of benzene rings is 4. The number of piperidine rings is 1. The van der Waals surface area contributed by atoms with Crippen LogP contribution in [0.2, 0.25) is 0 Å². The number of phenolic OH excluding ortho intramolecular Hbond substituents is 2. The van der Waals surface area contributed by atoms with Crippen LogP contribution >= 0.6 is 0 Å². The SMILES string of the molecule is COCCN1CCC(c2ccccc2)(c2cc(CCCOc3ccc(CCNCC(O)c4ccc(O)c5[nH]c(=O)ccc45)cc3)ccc2O)CC1. The van der Waals surface area contributed by atoms with E-state index in [4.69, 9.17) is 9.47 Å². The second-order valence-corrected chi connectivity index (χ2v) is 13.5. The fourth-order valence-corrected chi connectivity index (χ4v) is 7.32. The van der Waals surface area contributed by atoms with Crippen LogP contribution in [0.4, 0.5) is 0 Å². The van der Waals surface area contributed by atoms with Crippen LogP contribution in [0, 0.1) is 0 Å². The van der Waals surface area contributed by atoms with Gasteiger partial charge in [0, 0.05) is 42.6 Å². The van der Waals surface area contributed by atoms with E-state index in [1.807, 2.05) is 24.3 Å². The Morgan fingerprint density at radius 1 is 0.863 bits per heavy atom. The molecule has 1 unspecified atom stereocenters. The number of H-pyrrole nitrogens is 1. The number of methoxy groups -OCH3 is 1. The highest BCUT2D eigenvalue weighted by Gasteiger charge is 2.39. The zero-order valence-corrected chi connectivity index (χ0v) is 29.3. The average Bonchev–Trinajstić information content (AvgIpc) is 3.16. The molecule has 1 fully saturated rings. The number of nitrogens with zero attached hydrogens (tertiary/aromatic N) is 1. The molecular formula is C42H49N3O6. The molecule has 1 saturated heterocycles. The molecule has 2 heterocycles. The van der Waals surface area contributed by atoms with E-state index in [2.05, 4.69) is 63.7 Å². The number of hydrogen-bond donors (Lipinski definition) is 5. The number of rotatable bonds is 16. The fraction of sp³-hybridized carbons (Fsp3) is 0.357. The van der Waals surface area contributed by atoms with E-state index in [0.717, 1.165) is 75.2 Å². The van der Waals surface area contributed by atoms with Gasteiger partial charge in [0.2, 0.25) is 5.56 Å². The third-order valence-corrected chi connectivity index (χ3v) is 10.2. The number of aromatic amines is 1. The maximum atomic E-state index is 11.7. The van der Waals surface area contributed by atoms with Gasteiger partial charge < -0.3 is 40.0 Å². The van der Waals surface area contributed by atoms with E-state index in [9.17, 15) is 20.1 Å². The molecule has 6 rings (SSSR count). The molecule has 9 nitrogen and oxygen atoms in total. The first-order valence-electron chi connectivity index (χ1n) is 17.9. The summed E-state index contributed by atoms with van der Waals surface area (Å²) < 4.78 is 11.4. The minimum Gasteiger partial charge on any atom is -0.508 e. The molecular weight excluding hydrogens is 642 g/mol. The molecule has 0 radical (unpaired) electrons. The van der Waals surface area contributed by atoms with Gasteiger partial charge in [-0.3, -0.25) is 4.79 Å². The molecule has 9 heteroatoms. The molecule has 1 aliphatic heterocycles. The molecule has 0 aliphatic carbocycles. The minimum absolute atomic E-state index is 0.0247. The predicted octanol–water partition coefficient (Wildman–Crippen LogP) is 5.84. The zero-order chi connectivity index (χ0) is 35.6. The summed E-state index contributed by atoms with van der Waals surface area (Å²) in [5, 5.41) is 36.0. The van der Waals surface area contributed by atoms with Gasteiger partial charge in [-0.25, -0.2) is 0 Å². The number of phenols is 2. The van der Waals surface area contributed by atoms with E-state index >= 15 is 0 Å². The largest absolute Gasteiger partial charge is 0.508 e. The number of fused-ring (bicyclic) bond motifs is 1. The molecule has 51 heavy (non-hydrogen) atoms. The third-order valence-electron chi connectivity index (χ3n) is 10.2. The highest BCUT2D eigenvalue weighted by molar-refractivity contribution is 5.87. The molecule has 1 atom stereocenters. The van der Waals surface area contributed by atoms with E-state index in [-0.39, 0.29) is 16.7 Å². The van der Waals surface area contributed by atoms with Crippen LogP contribution in [-0.4, -0.2) is 78.3 Å². The monoisotopic (exact) mass is 691 g/mol. The highest BCUT2D eigenvalue weighted by atomic mass is 16.5. The van der Waals surface area contributed by atoms with Crippen molar-refractivity contribution in [2.75, 3.05) is 53.0 Å². The molecule has 1 aliphatic rings. The van der Waals surface area contributed by atoms with E-state index < -0.39 is 6.10 Å². The molecule has 0 bridgehead atoms. The summed E-state index contributed by atoms with van der Waals surface area (Å²) in [6.07, 6.45) is 3.58. The lowest BCUT2D eigenvalue weighted by Crippen LogP contribution is -2.44. The molecule has 0 spiro atoms. The summed E-state index contributed by atoms with van der Waals surface area (Å²) in [6.45, 7) is 5.16. The van der Waals surface area contributed by atoms with E-state index in [1.165, 1.54) is 23.3 Å². The average molecular weight is 692 g/mol. The number of hydrogen-bond acceptors (Lipinski definition) is 8. The van der Waals surface area contributed by atoms with Gasteiger partial charge in [0.05, 0.1) is 24.8 Å². The first kappa shape index (κ1) is 36.1. The summed E-state index contributed by atoms with van der Waals surface area (Å²) in [7, 11) is 1.75. The van der Waals surface area contributed by atoms with Gasteiger partial charge in [0.25, 0.3) is 0 Å². The predicted molar refractivity (Wildman–Crippen MR) is 201 cm³/mol. The summed E-state index contributed by atoms with van der Waals surface area (Å²) in [5.74, 6) is 1.16. The number of aliphatic hydroxyl groups excluding tert-OH is 1. The van der Waals surface area contributed by atoms with Crippen LogP contribution in [0.15, 0.2) is 102 Å². The number of aryl methyl sites for hydroxylation is 1. The minimum atomic E-state index is -0.794. The number of aromatic hydroxyl groups is 2. The van der Waals surface area contributed by atoms with Gasteiger partial charge in [0.15, 0.2) is 0 Å². The fourth-order valence-electron chi connectivity index (χ4n) is 7.32. The van der Waals surface area contributed by atoms with Crippen molar-refractivity contribution in [1.82, 2.24) is 15.2 Å². The Morgan fingerprint density at radius 3 is 2.37 bits per heavy atom. The van der Waals surface area contributed by atoms with Crippen molar-refractivity contribution >= 4 is 10.9 Å². The van der Waals surface area contributed by atoms with Crippen molar-refractivity contribution in [2.45, 2.75) is 43.6 Å². The number of likely N-dealkylation sites (tertiary alicyclic amines) is 1. The normalized spacial score (nSPS) is 15.2. The van der Waals surface area contributed by atoms with Crippen LogP contribution in [0.3, 0.4) is 0 Å². The molecule has 0 saturated carbocycles. The van der Waals surface area contributed by atoms with Crippen molar-refractivity contribution in [1.29, 1.82) is 0 Å². The lowest BCUT2D eigenvalue weighted by atomic mass is 9.67. The maximum Gasteiger partial charge on any atom is 0.248 e.